The number of carbonyl (C=O) groups excluding carboxylic acids is 1. The van der Waals surface area contributed by atoms with Gasteiger partial charge in [0.25, 0.3) is 27.2 Å². The number of allylic oxidation sites excluding steroid dienone is 1. The van der Waals surface area contributed by atoms with Crippen molar-refractivity contribution >= 4 is 72.2 Å². The number of anilines is 2. The van der Waals surface area contributed by atoms with Gasteiger partial charge < -0.3 is 24.7 Å². The first-order chi connectivity index (χ1) is 29.9. The molecule has 1 aliphatic carbocycles. The minimum absolute atomic E-state index is 0.0528. The number of benzene rings is 3. The van der Waals surface area contributed by atoms with Crippen LogP contribution in [0, 0.1) is 10.1 Å². The Bertz CT molecular complexity index is 2910. The number of piperazine rings is 1. The van der Waals surface area contributed by atoms with Gasteiger partial charge in [-0.15, -0.1) is 0 Å². The number of nitrogens with zero attached hydrogens (tertiary/aromatic N) is 6. The second-order valence-electron chi connectivity index (χ2n) is 15.6. The molecule has 3 aromatic heterocycles. The number of sulfonamides is 1. The molecular weight excluding hydrogens is 838 g/mol. The summed E-state index contributed by atoms with van der Waals surface area (Å²) in [7, 11) is -3.09. The van der Waals surface area contributed by atoms with Crippen molar-refractivity contribution in [2.24, 2.45) is 7.05 Å². The number of nitro groups is 1. The quantitative estimate of drug-likeness (QED) is 0.104. The number of fused-ring (bicyclic) bond motifs is 2. The highest BCUT2D eigenvalue weighted by molar-refractivity contribution is 7.90. The molecule has 62 heavy (non-hydrogen) atoms. The number of aromatic nitrogens is 4. The fourth-order valence-electron chi connectivity index (χ4n) is 8.58. The van der Waals surface area contributed by atoms with Crippen LogP contribution in [-0.2, 0) is 26.5 Å². The van der Waals surface area contributed by atoms with E-state index >= 15 is 0 Å². The summed E-state index contributed by atoms with van der Waals surface area (Å²) in [5, 5.41) is 16.5. The lowest BCUT2D eigenvalue weighted by atomic mass is 10.0. The summed E-state index contributed by atoms with van der Waals surface area (Å²) in [4.78, 5) is 51.1. The number of nitro benzene ring substituents is 1. The molecule has 3 aromatic carbocycles. The largest absolute Gasteiger partial charge is 0.377 e. The van der Waals surface area contributed by atoms with Gasteiger partial charge >= 0.3 is 0 Å². The Morgan fingerprint density at radius 1 is 1.02 bits per heavy atom. The van der Waals surface area contributed by atoms with Crippen LogP contribution in [0.2, 0.25) is 5.02 Å². The van der Waals surface area contributed by atoms with Crippen molar-refractivity contribution in [1.82, 2.24) is 29.0 Å². The third kappa shape index (κ3) is 8.18. The molecule has 3 N–H and O–H groups in total. The van der Waals surface area contributed by atoms with Gasteiger partial charge in [0.05, 0.1) is 52.5 Å². The van der Waals surface area contributed by atoms with E-state index in [1.54, 1.807) is 36.1 Å². The Labute approximate surface area is 361 Å². The maximum absolute atomic E-state index is 14.2. The minimum atomic E-state index is -4.65. The molecule has 322 valence electrons. The van der Waals surface area contributed by atoms with Gasteiger partial charge in [0.2, 0.25) is 0 Å². The standard InChI is InChI=1S/C43H44ClN9O8S/c1-49-43(55)40-39(21-28-13-14-45-41(28)47-40)52(49)37-22-31(51-17-15-50(16-18-51)25-29-3-2-4-34(29)27-5-7-30(44)8-6-27)9-11-35(37)42(54)48-62(58,59)33-10-12-36(38(23-33)53(56)57)46-24-32-26-60-19-20-61-32/h5-14,21-23,32,46H,2-4,15-20,24-26H2,1H3,(H,45,47)(H,48,54)/t32-/m0/s1. The Hall–Kier alpha value is -6.05. The van der Waals surface area contributed by atoms with E-state index in [4.69, 9.17) is 21.1 Å². The predicted molar refractivity (Wildman–Crippen MR) is 236 cm³/mol. The molecule has 5 heterocycles. The summed E-state index contributed by atoms with van der Waals surface area (Å²) in [6.45, 7) is 5.18. The summed E-state index contributed by atoms with van der Waals surface area (Å²) < 4.78 is 43.7. The van der Waals surface area contributed by atoms with E-state index in [0.29, 0.717) is 49.1 Å². The summed E-state index contributed by atoms with van der Waals surface area (Å²) in [5.41, 5.74) is 5.26. The number of hydrogen-bond acceptors (Lipinski definition) is 12. The number of nitrogens with one attached hydrogen (secondary N) is 3. The van der Waals surface area contributed by atoms with Crippen LogP contribution in [0.4, 0.5) is 17.1 Å². The summed E-state index contributed by atoms with van der Waals surface area (Å²) in [6, 6.07) is 20.1. The highest BCUT2D eigenvalue weighted by Gasteiger charge is 2.29. The van der Waals surface area contributed by atoms with Crippen molar-refractivity contribution in [2.75, 3.05) is 69.3 Å². The Morgan fingerprint density at radius 2 is 1.82 bits per heavy atom. The van der Waals surface area contributed by atoms with Crippen LogP contribution >= 0.6 is 11.6 Å². The van der Waals surface area contributed by atoms with Gasteiger partial charge in [-0.2, -0.15) is 0 Å². The molecule has 0 spiro atoms. The molecule has 6 aromatic rings. The number of carbonyl (C=O) groups is 1. The Morgan fingerprint density at radius 3 is 2.58 bits per heavy atom. The first-order valence-corrected chi connectivity index (χ1v) is 22.2. The van der Waals surface area contributed by atoms with Gasteiger partial charge in [0, 0.05) is 74.7 Å². The topological polar surface area (TPSA) is 199 Å². The highest BCUT2D eigenvalue weighted by Crippen LogP contribution is 2.36. The molecule has 2 saturated heterocycles. The number of rotatable bonds is 12. The third-order valence-electron chi connectivity index (χ3n) is 11.8. The average molecular weight is 882 g/mol. The van der Waals surface area contributed by atoms with Crippen LogP contribution in [-0.4, -0.2) is 109 Å². The smallest absolute Gasteiger partial charge is 0.293 e. The Balaban J connectivity index is 1.01. The van der Waals surface area contributed by atoms with E-state index < -0.39 is 37.0 Å². The van der Waals surface area contributed by atoms with E-state index in [1.807, 2.05) is 18.2 Å². The molecule has 1 amide bonds. The molecule has 0 radical (unpaired) electrons. The number of ether oxygens (including phenoxy) is 2. The van der Waals surface area contributed by atoms with Crippen LogP contribution in [0.5, 0.6) is 0 Å². The summed E-state index contributed by atoms with van der Waals surface area (Å²) >= 11 is 6.17. The highest BCUT2D eigenvalue weighted by atomic mass is 35.5. The van der Waals surface area contributed by atoms with Crippen LogP contribution in [0.15, 0.2) is 94.3 Å². The average Bonchev–Trinajstić information content (AvgIpc) is 4.00. The second-order valence-corrected chi connectivity index (χ2v) is 17.8. The van der Waals surface area contributed by atoms with Gasteiger partial charge in [0.1, 0.15) is 11.3 Å². The molecule has 2 fully saturated rings. The van der Waals surface area contributed by atoms with Gasteiger partial charge in [0.15, 0.2) is 5.52 Å². The van der Waals surface area contributed by atoms with Crippen LogP contribution in [0.3, 0.4) is 0 Å². The van der Waals surface area contributed by atoms with Gasteiger partial charge in [-0.3, -0.25) is 24.6 Å². The lowest BCUT2D eigenvalue weighted by molar-refractivity contribution is -0.384. The monoisotopic (exact) mass is 881 g/mol. The van der Waals surface area contributed by atoms with Crippen molar-refractivity contribution < 1.29 is 27.6 Å². The van der Waals surface area contributed by atoms with Crippen molar-refractivity contribution in [1.29, 1.82) is 0 Å². The zero-order valence-electron chi connectivity index (χ0n) is 33.8. The first kappa shape index (κ1) is 41.3. The first-order valence-electron chi connectivity index (χ1n) is 20.4. The Kier molecular flexibility index (Phi) is 11.3. The predicted octanol–water partition coefficient (Wildman–Crippen LogP) is 5.47. The van der Waals surface area contributed by atoms with Crippen molar-refractivity contribution in [2.45, 2.75) is 30.3 Å². The maximum atomic E-state index is 14.2. The number of amides is 1. The molecule has 0 unspecified atom stereocenters. The second kappa shape index (κ2) is 17.0. The zero-order chi connectivity index (χ0) is 43.1. The lowest BCUT2D eigenvalue weighted by Gasteiger charge is -2.37. The van der Waals surface area contributed by atoms with E-state index in [1.165, 1.54) is 39.6 Å². The maximum Gasteiger partial charge on any atom is 0.293 e. The van der Waals surface area contributed by atoms with Crippen molar-refractivity contribution in [3.63, 3.8) is 0 Å². The number of halogens is 1. The van der Waals surface area contributed by atoms with Crippen molar-refractivity contribution in [3.8, 4) is 5.69 Å². The fourth-order valence-corrected chi connectivity index (χ4v) is 9.69. The molecule has 17 nitrogen and oxygen atoms in total. The number of aromatic amines is 1. The van der Waals surface area contributed by atoms with Crippen LogP contribution in [0.1, 0.15) is 35.2 Å². The summed E-state index contributed by atoms with van der Waals surface area (Å²) in [6.07, 6.45) is 4.59. The van der Waals surface area contributed by atoms with E-state index in [9.17, 15) is 28.1 Å². The molecular formula is C43H44ClN9O8S. The molecule has 19 heteroatoms. The van der Waals surface area contributed by atoms with Crippen LogP contribution < -0.4 is 20.5 Å². The number of hydrogen-bond donors (Lipinski definition) is 3. The molecule has 0 bridgehead atoms. The lowest BCUT2D eigenvalue weighted by Crippen LogP contribution is -2.47. The molecule has 1 atom stereocenters. The molecule has 2 aliphatic heterocycles. The fraction of sp³-hybridized carbons (Fsp3) is 0.326. The number of pyridine rings is 1. The van der Waals surface area contributed by atoms with Gasteiger partial charge in [-0.25, -0.2) is 27.5 Å². The normalized spacial score (nSPS) is 17.6. The van der Waals surface area contributed by atoms with Crippen LogP contribution in [0.25, 0.3) is 33.3 Å². The number of H-pyrrole nitrogens is 1. The SMILES string of the molecule is Cn1c(=O)c2nc3[nH]ccc3cc2n1-c1cc(N2CCN(CC3=C(c4ccc(Cl)cc4)CCC3)CC2)ccc1C(=O)NS(=O)(=O)c1ccc(NC[C@H]2COCCO2)c([N+](=O)[O-])c1. The van der Waals surface area contributed by atoms with E-state index in [2.05, 4.69) is 41.9 Å². The van der Waals surface area contributed by atoms with E-state index in [-0.39, 0.29) is 35.1 Å². The van der Waals surface area contributed by atoms with Crippen molar-refractivity contribution in [3.05, 3.63) is 121 Å². The van der Waals surface area contributed by atoms with Gasteiger partial charge in [-0.05, 0) is 85.0 Å². The minimum Gasteiger partial charge on any atom is -0.377 e. The van der Waals surface area contributed by atoms with E-state index in [0.717, 1.165) is 56.0 Å². The summed E-state index contributed by atoms with van der Waals surface area (Å²) in [5.74, 6) is -0.998. The molecule has 0 saturated carbocycles. The zero-order valence-corrected chi connectivity index (χ0v) is 35.4. The third-order valence-corrected chi connectivity index (χ3v) is 13.4. The van der Waals surface area contributed by atoms with Gasteiger partial charge in [-0.1, -0.05) is 29.3 Å². The molecule has 3 aliphatic rings. The molecule has 9 rings (SSSR count).